The normalized spacial score (nSPS) is 17.6. The Kier molecular flexibility index (Phi) is 3.44. The molecule has 1 saturated heterocycles. The zero-order valence-electron chi connectivity index (χ0n) is 11.1. The summed E-state index contributed by atoms with van der Waals surface area (Å²) < 4.78 is 12.8. The van der Waals surface area contributed by atoms with Crippen molar-refractivity contribution < 1.29 is 18.8 Å². The Hall–Kier alpha value is -2.44. The van der Waals surface area contributed by atoms with Gasteiger partial charge in [-0.25, -0.2) is 9.18 Å². The van der Waals surface area contributed by atoms with Gasteiger partial charge in [0, 0.05) is 5.69 Å². The highest BCUT2D eigenvalue weighted by atomic mass is 19.1. The molecule has 20 heavy (non-hydrogen) atoms. The third-order valence-corrected chi connectivity index (χ3v) is 3.13. The molecule has 0 aliphatic carbocycles. The van der Waals surface area contributed by atoms with E-state index in [1.165, 1.54) is 24.3 Å². The highest BCUT2D eigenvalue weighted by Gasteiger charge is 2.43. The standard InChI is InChI=1S/C13H14FN3O3/c1-13(2)11(19)16-10(18)7-17(13)12(20)15-9-5-3-8(14)4-6-9/h3-6H,7H2,1-2H3,(H,15,20)(H,16,18,19). The van der Waals surface area contributed by atoms with Crippen LogP contribution in [0.15, 0.2) is 24.3 Å². The molecule has 1 fully saturated rings. The van der Waals surface area contributed by atoms with E-state index in [0.717, 1.165) is 4.90 Å². The Morgan fingerprint density at radius 1 is 1.30 bits per heavy atom. The summed E-state index contributed by atoms with van der Waals surface area (Å²) in [6.07, 6.45) is 0. The quantitative estimate of drug-likeness (QED) is 0.755. The molecule has 2 N–H and O–H groups in total. The molecule has 6 nitrogen and oxygen atoms in total. The minimum absolute atomic E-state index is 0.216. The van der Waals surface area contributed by atoms with Gasteiger partial charge in [-0.05, 0) is 38.1 Å². The summed E-state index contributed by atoms with van der Waals surface area (Å²) >= 11 is 0. The number of urea groups is 1. The predicted octanol–water partition coefficient (Wildman–Crippen LogP) is 1.09. The lowest BCUT2D eigenvalue weighted by molar-refractivity contribution is -0.142. The molecule has 0 saturated carbocycles. The fraction of sp³-hybridized carbons (Fsp3) is 0.308. The molecular formula is C13H14FN3O3. The van der Waals surface area contributed by atoms with Crippen LogP contribution in [0.25, 0.3) is 0 Å². The van der Waals surface area contributed by atoms with Crippen LogP contribution in [-0.2, 0) is 9.59 Å². The molecule has 0 unspecified atom stereocenters. The first-order valence-electron chi connectivity index (χ1n) is 5.99. The van der Waals surface area contributed by atoms with Crippen molar-refractivity contribution >= 4 is 23.5 Å². The Labute approximate surface area is 114 Å². The average Bonchev–Trinajstić information content (AvgIpc) is 2.37. The van der Waals surface area contributed by atoms with Crippen molar-refractivity contribution in [3.8, 4) is 0 Å². The van der Waals surface area contributed by atoms with Gasteiger partial charge in [0.25, 0.3) is 5.91 Å². The van der Waals surface area contributed by atoms with Crippen LogP contribution in [0, 0.1) is 5.82 Å². The number of carbonyl (C=O) groups is 3. The number of rotatable bonds is 1. The number of amides is 4. The summed E-state index contributed by atoms with van der Waals surface area (Å²) in [4.78, 5) is 36.4. The van der Waals surface area contributed by atoms with E-state index in [9.17, 15) is 18.8 Å². The van der Waals surface area contributed by atoms with E-state index in [4.69, 9.17) is 0 Å². The summed E-state index contributed by atoms with van der Waals surface area (Å²) in [5, 5.41) is 4.70. The number of hydrogen-bond donors (Lipinski definition) is 2. The second-order valence-electron chi connectivity index (χ2n) is 4.96. The summed E-state index contributed by atoms with van der Waals surface area (Å²) in [5.74, 6) is -1.50. The van der Waals surface area contributed by atoms with Crippen LogP contribution in [0.2, 0.25) is 0 Å². The average molecular weight is 279 g/mol. The lowest BCUT2D eigenvalue weighted by Crippen LogP contribution is -2.66. The van der Waals surface area contributed by atoms with Gasteiger partial charge in [-0.3, -0.25) is 14.9 Å². The van der Waals surface area contributed by atoms with E-state index < -0.39 is 29.2 Å². The van der Waals surface area contributed by atoms with Gasteiger partial charge in [0.2, 0.25) is 5.91 Å². The summed E-state index contributed by atoms with van der Waals surface area (Å²) in [5.41, 5.74) is -0.761. The van der Waals surface area contributed by atoms with Crippen LogP contribution in [-0.4, -0.2) is 34.8 Å². The lowest BCUT2D eigenvalue weighted by atomic mass is 9.99. The highest BCUT2D eigenvalue weighted by molar-refractivity contribution is 6.07. The van der Waals surface area contributed by atoms with E-state index >= 15 is 0 Å². The van der Waals surface area contributed by atoms with Gasteiger partial charge in [0.15, 0.2) is 0 Å². The molecule has 1 aromatic carbocycles. The fourth-order valence-electron chi connectivity index (χ4n) is 1.83. The number of halogens is 1. The minimum Gasteiger partial charge on any atom is -0.308 e. The molecule has 0 bridgehead atoms. The van der Waals surface area contributed by atoms with Crippen LogP contribution in [0.3, 0.4) is 0 Å². The SMILES string of the molecule is CC1(C)C(=O)NC(=O)CN1C(=O)Nc1ccc(F)cc1. The second kappa shape index (κ2) is 4.92. The van der Waals surface area contributed by atoms with Crippen LogP contribution in [0.5, 0.6) is 0 Å². The molecular weight excluding hydrogens is 265 g/mol. The number of hydrogen-bond acceptors (Lipinski definition) is 3. The van der Waals surface area contributed by atoms with Gasteiger partial charge in [-0.2, -0.15) is 0 Å². The Balaban J connectivity index is 2.16. The molecule has 2 rings (SSSR count). The van der Waals surface area contributed by atoms with Gasteiger partial charge >= 0.3 is 6.03 Å². The van der Waals surface area contributed by atoms with Crippen molar-refractivity contribution in [1.82, 2.24) is 10.2 Å². The highest BCUT2D eigenvalue weighted by Crippen LogP contribution is 2.20. The number of piperazine rings is 1. The van der Waals surface area contributed by atoms with Crippen LogP contribution in [0.4, 0.5) is 14.9 Å². The number of benzene rings is 1. The molecule has 0 spiro atoms. The number of imide groups is 1. The monoisotopic (exact) mass is 279 g/mol. The van der Waals surface area contributed by atoms with E-state index in [-0.39, 0.29) is 6.54 Å². The van der Waals surface area contributed by atoms with E-state index in [0.29, 0.717) is 5.69 Å². The Morgan fingerprint density at radius 2 is 1.90 bits per heavy atom. The van der Waals surface area contributed by atoms with Crippen molar-refractivity contribution in [1.29, 1.82) is 0 Å². The zero-order chi connectivity index (χ0) is 14.9. The predicted molar refractivity (Wildman–Crippen MR) is 69.4 cm³/mol. The third kappa shape index (κ3) is 2.61. The molecule has 4 amide bonds. The molecule has 106 valence electrons. The van der Waals surface area contributed by atoms with Gasteiger partial charge < -0.3 is 10.2 Å². The summed E-state index contributed by atoms with van der Waals surface area (Å²) in [6.45, 7) is 2.86. The molecule has 0 radical (unpaired) electrons. The molecule has 0 aromatic heterocycles. The molecule has 1 heterocycles. The number of nitrogens with one attached hydrogen (secondary N) is 2. The third-order valence-electron chi connectivity index (χ3n) is 3.13. The van der Waals surface area contributed by atoms with E-state index in [2.05, 4.69) is 10.6 Å². The van der Waals surface area contributed by atoms with Crippen molar-refractivity contribution in [3.63, 3.8) is 0 Å². The molecule has 1 aliphatic rings. The number of carbonyl (C=O) groups excluding carboxylic acids is 3. The number of nitrogens with zero attached hydrogens (tertiary/aromatic N) is 1. The zero-order valence-corrected chi connectivity index (χ0v) is 11.1. The second-order valence-corrected chi connectivity index (χ2v) is 4.96. The van der Waals surface area contributed by atoms with Crippen molar-refractivity contribution in [2.75, 3.05) is 11.9 Å². The van der Waals surface area contributed by atoms with Crippen molar-refractivity contribution in [2.45, 2.75) is 19.4 Å². The van der Waals surface area contributed by atoms with E-state index in [1.807, 2.05) is 0 Å². The van der Waals surface area contributed by atoms with Crippen molar-refractivity contribution in [2.24, 2.45) is 0 Å². The lowest BCUT2D eigenvalue weighted by Gasteiger charge is -2.39. The van der Waals surface area contributed by atoms with Gasteiger partial charge in [-0.15, -0.1) is 0 Å². The van der Waals surface area contributed by atoms with E-state index in [1.54, 1.807) is 13.8 Å². The van der Waals surface area contributed by atoms with Gasteiger partial charge in [0.1, 0.15) is 17.9 Å². The fourth-order valence-corrected chi connectivity index (χ4v) is 1.83. The van der Waals surface area contributed by atoms with Gasteiger partial charge in [0.05, 0.1) is 0 Å². The van der Waals surface area contributed by atoms with Crippen LogP contribution < -0.4 is 10.6 Å². The molecule has 7 heteroatoms. The van der Waals surface area contributed by atoms with Crippen molar-refractivity contribution in [3.05, 3.63) is 30.1 Å². The molecule has 0 atom stereocenters. The summed E-state index contributed by atoms with van der Waals surface area (Å²) in [6, 6.07) is 4.60. The molecule has 1 aliphatic heterocycles. The Bertz CT molecular complexity index is 569. The molecule has 1 aromatic rings. The van der Waals surface area contributed by atoms with Gasteiger partial charge in [-0.1, -0.05) is 0 Å². The number of anilines is 1. The Morgan fingerprint density at radius 3 is 2.50 bits per heavy atom. The summed E-state index contributed by atoms with van der Waals surface area (Å²) in [7, 11) is 0. The maximum Gasteiger partial charge on any atom is 0.323 e. The largest absolute Gasteiger partial charge is 0.323 e. The first-order valence-corrected chi connectivity index (χ1v) is 5.99. The first-order chi connectivity index (χ1) is 9.30. The maximum absolute atomic E-state index is 12.8. The first kappa shape index (κ1) is 14.0. The van der Waals surface area contributed by atoms with Crippen LogP contribution in [0.1, 0.15) is 13.8 Å². The minimum atomic E-state index is -1.14. The smallest absolute Gasteiger partial charge is 0.308 e. The topological polar surface area (TPSA) is 78.5 Å². The maximum atomic E-state index is 12.8. The van der Waals surface area contributed by atoms with Crippen LogP contribution >= 0.6 is 0 Å².